The number of hydrogen-bond donors (Lipinski definition) is 1. The van der Waals surface area contributed by atoms with E-state index in [0.29, 0.717) is 6.54 Å². The molecule has 0 aromatic rings. The van der Waals surface area contributed by atoms with Crippen molar-refractivity contribution < 1.29 is 4.74 Å². The number of likely N-dealkylation sites (tertiary alicyclic amines) is 1. The molecule has 1 aliphatic rings. The molecule has 1 rings (SSSR count). The van der Waals surface area contributed by atoms with Gasteiger partial charge >= 0.3 is 0 Å². The Hall–Kier alpha value is -0.120. The van der Waals surface area contributed by atoms with E-state index in [1.807, 2.05) is 0 Å². The summed E-state index contributed by atoms with van der Waals surface area (Å²) in [7, 11) is 0. The molecule has 0 aromatic heterocycles. The van der Waals surface area contributed by atoms with Crippen LogP contribution in [0.1, 0.15) is 33.1 Å². The van der Waals surface area contributed by atoms with Gasteiger partial charge in [-0.3, -0.25) is 0 Å². The van der Waals surface area contributed by atoms with Crippen molar-refractivity contribution in [2.75, 3.05) is 32.8 Å². The van der Waals surface area contributed by atoms with E-state index in [9.17, 15) is 0 Å². The third kappa shape index (κ3) is 2.94. The van der Waals surface area contributed by atoms with Crippen molar-refractivity contribution in [3.63, 3.8) is 0 Å². The van der Waals surface area contributed by atoms with Crippen LogP contribution in [0.2, 0.25) is 0 Å². The van der Waals surface area contributed by atoms with E-state index in [4.69, 9.17) is 10.5 Å². The van der Waals surface area contributed by atoms with Crippen molar-refractivity contribution in [2.45, 2.75) is 38.7 Å². The minimum atomic E-state index is -0.0291. The molecular formula is C11H24N2O. The second-order valence-electron chi connectivity index (χ2n) is 4.11. The van der Waals surface area contributed by atoms with Gasteiger partial charge in [0, 0.05) is 19.7 Å². The topological polar surface area (TPSA) is 38.5 Å². The average molecular weight is 200 g/mol. The molecule has 84 valence electrons. The van der Waals surface area contributed by atoms with Gasteiger partial charge in [0.2, 0.25) is 0 Å². The van der Waals surface area contributed by atoms with Gasteiger partial charge in [0.25, 0.3) is 0 Å². The summed E-state index contributed by atoms with van der Waals surface area (Å²) < 4.78 is 5.84. The molecule has 1 fully saturated rings. The van der Waals surface area contributed by atoms with Crippen LogP contribution in [0.25, 0.3) is 0 Å². The first-order valence-electron chi connectivity index (χ1n) is 5.82. The third-order valence-corrected chi connectivity index (χ3v) is 3.26. The van der Waals surface area contributed by atoms with Crippen LogP contribution >= 0.6 is 0 Å². The SMILES string of the molecule is CCOC1(CN)CCCN(CC)CC1. The van der Waals surface area contributed by atoms with Crippen LogP contribution in [0.15, 0.2) is 0 Å². The predicted molar refractivity (Wildman–Crippen MR) is 59.4 cm³/mol. The average Bonchev–Trinajstić information content (AvgIpc) is 2.42. The van der Waals surface area contributed by atoms with Gasteiger partial charge in [-0.2, -0.15) is 0 Å². The van der Waals surface area contributed by atoms with Crippen molar-refractivity contribution >= 4 is 0 Å². The van der Waals surface area contributed by atoms with E-state index >= 15 is 0 Å². The van der Waals surface area contributed by atoms with E-state index < -0.39 is 0 Å². The standard InChI is InChI=1S/C11H24N2O/c1-3-13-8-5-6-11(10-12,7-9-13)14-4-2/h3-10,12H2,1-2H3. The normalized spacial score (nSPS) is 30.2. The van der Waals surface area contributed by atoms with Crippen molar-refractivity contribution in [1.82, 2.24) is 4.90 Å². The summed E-state index contributed by atoms with van der Waals surface area (Å²) in [6.45, 7) is 9.20. The number of hydrogen-bond acceptors (Lipinski definition) is 3. The second kappa shape index (κ2) is 5.69. The highest BCUT2D eigenvalue weighted by Crippen LogP contribution is 2.25. The summed E-state index contributed by atoms with van der Waals surface area (Å²) in [5, 5.41) is 0. The number of nitrogens with zero attached hydrogens (tertiary/aromatic N) is 1. The Morgan fingerprint density at radius 1 is 1.29 bits per heavy atom. The highest BCUT2D eigenvalue weighted by molar-refractivity contribution is 4.86. The predicted octanol–water partition coefficient (Wildman–Crippen LogP) is 1.23. The van der Waals surface area contributed by atoms with Crippen LogP contribution in [-0.4, -0.2) is 43.3 Å². The van der Waals surface area contributed by atoms with Crippen LogP contribution in [-0.2, 0) is 4.74 Å². The lowest BCUT2D eigenvalue weighted by atomic mass is 9.95. The Morgan fingerprint density at radius 3 is 2.64 bits per heavy atom. The van der Waals surface area contributed by atoms with Crippen LogP contribution in [0.5, 0.6) is 0 Å². The molecule has 1 aliphatic heterocycles. The Balaban J connectivity index is 2.52. The van der Waals surface area contributed by atoms with E-state index in [-0.39, 0.29) is 5.60 Å². The molecule has 1 heterocycles. The van der Waals surface area contributed by atoms with Gasteiger partial charge in [-0.1, -0.05) is 6.92 Å². The largest absolute Gasteiger partial charge is 0.374 e. The van der Waals surface area contributed by atoms with Crippen molar-refractivity contribution in [2.24, 2.45) is 5.73 Å². The van der Waals surface area contributed by atoms with Crippen LogP contribution in [0.4, 0.5) is 0 Å². The van der Waals surface area contributed by atoms with Gasteiger partial charge in [-0.05, 0) is 39.3 Å². The molecule has 3 nitrogen and oxygen atoms in total. The first kappa shape index (κ1) is 12.0. The van der Waals surface area contributed by atoms with Crippen molar-refractivity contribution in [3.8, 4) is 0 Å². The molecular weight excluding hydrogens is 176 g/mol. The van der Waals surface area contributed by atoms with Gasteiger partial charge < -0.3 is 15.4 Å². The zero-order valence-corrected chi connectivity index (χ0v) is 9.59. The summed E-state index contributed by atoms with van der Waals surface area (Å²) in [4.78, 5) is 2.48. The minimum absolute atomic E-state index is 0.0291. The summed E-state index contributed by atoms with van der Waals surface area (Å²) in [6.07, 6.45) is 3.42. The molecule has 1 atom stereocenters. The fraction of sp³-hybridized carbons (Fsp3) is 1.00. The zero-order chi connectivity index (χ0) is 10.4. The number of nitrogens with two attached hydrogens (primary N) is 1. The number of ether oxygens (including phenoxy) is 1. The molecule has 1 saturated heterocycles. The quantitative estimate of drug-likeness (QED) is 0.741. The summed E-state index contributed by atoms with van der Waals surface area (Å²) >= 11 is 0. The summed E-state index contributed by atoms with van der Waals surface area (Å²) in [6, 6.07) is 0. The highest BCUT2D eigenvalue weighted by atomic mass is 16.5. The monoisotopic (exact) mass is 200 g/mol. The summed E-state index contributed by atoms with van der Waals surface area (Å²) in [5.41, 5.74) is 5.81. The molecule has 0 radical (unpaired) electrons. The first-order chi connectivity index (χ1) is 6.76. The van der Waals surface area contributed by atoms with Gasteiger partial charge in [-0.15, -0.1) is 0 Å². The minimum Gasteiger partial charge on any atom is -0.374 e. The van der Waals surface area contributed by atoms with E-state index in [2.05, 4.69) is 18.7 Å². The maximum absolute atomic E-state index is 5.84. The smallest absolute Gasteiger partial charge is 0.0816 e. The van der Waals surface area contributed by atoms with E-state index in [0.717, 1.165) is 32.5 Å². The zero-order valence-electron chi connectivity index (χ0n) is 9.59. The van der Waals surface area contributed by atoms with Gasteiger partial charge in [0.1, 0.15) is 0 Å². The van der Waals surface area contributed by atoms with E-state index in [1.54, 1.807) is 0 Å². The van der Waals surface area contributed by atoms with Gasteiger partial charge in [-0.25, -0.2) is 0 Å². The first-order valence-corrected chi connectivity index (χ1v) is 5.82. The van der Waals surface area contributed by atoms with Crippen molar-refractivity contribution in [1.29, 1.82) is 0 Å². The van der Waals surface area contributed by atoms with Crippen molar-refractivity contribution in [3.05, 3.63) is 0 Å². The van der Waals surface area contributed by atoms with Crippen LogP contribution < -0.4 is 5.73 Å². The summed E-state index contributed by atoms with van der Waals surface area (Å²) in [5.74, 6) is 0. The van der Waals surface area contributed by atoms with Crippen LogP contribution in [0.3, 0.4) is 0 Å². The Labute approximate surface area is 87.6 Å². The van der Waals surface area contributed by atoms with Gasteiger partial charge in [0.15, 0.2) is 0 Å². The number of rotatable bonds is 4. The molecule has 2 N–H and O–H groups in total. The molecule has 0 aromatic carbocycles. The lowest BCUT2D eigenvalue weighted by Crippen LogP contribution is -2.41. The molecule has 1 unspecified atom stereocenters. The molecule has 0 amide bonds. The molecule has 14 heavy (non-hydrogen) atoms. The fourth-order valence-corrected chi connectivity index (χ4v) is 2.25. The molecule has 0 bridgehead atoms. The fourth-order valence-electron chi connectivity index (χ4n) is 2.25. The molecule has 3 heteroatoms. The lowest BCUT2D eigenvalue weighted by molar-refractivity contribution is -0.0422. The van der Waals surface area contributed by atoms with Crippen LogP contribution in [0, 0.1) is 0 Å². The maximum Gasteiger partial charge on any atom is 0.0816 e. The molecule has 0 saturated carbocycles. The maximum atomic E-state index is 5.84. The Bertz CT molecular complexity index is 163. The Morgan fingerprint density at radius 2 is 2.07 bits per heavy atom. The molecule has 0 aliphatic carbocycles. The lowest BCUT2D eigenvalue weighted by Gasteiger charge is -2.31. The highest BCUT2D eigenvalue weighted by Gasteiger charge is 2.31. The van der Waals surface area contributed by atoms with E-state index in [1.165, 1.54) is 13.0 Å². The Kier molecular flexibility index (Phi) is 4.85. The molecule has 0 spiro atoms. The van der Waals surface area contributed by atoms with Gasteiger partial charge in [0.05, 0.1) is 5.60 Å². The second-order valence-corrected chi connectivity index (χ2v) is 4.11. The third-order valence-electron chi connectivity index (χ3n) is 3.26.